The Morgan fingerprint density at radius 2 is 2.00 bits per heavy atom. The first-order valence-corrected chi connectivity index (χ1v) is 5.46. The third-order valence-corrected chi connectivity index (χ3v) is 2.68. The van der Waals surface area contributed by atoms with Crippen molar-refractivity contribution in [2.24, 2.45) is 0 Å². The molecule has 2 rings (SSSR count). The Kier molecular flexibility index (Phi) is 5.56. The van der Waals surface area contributed by atoms with Crippen molar-refractivity contribution in [3.63, 3.8) is 0 Å². The van der Waals surface area contributed by atoms with E-state index in [1.165, 1.54) is 31.4 Å². The molecule has 0 aliphatic carbocycles. The Balaban J connectivity index is 0.00000128. The summed E-state index contributed by atoms with van der Waals surface area (Å²) >= 11 is 0. The highest BCUT2D eigenvalue weighted by Crippen LogP contribution is 2.13. The van der Waals surface area contributed by atoms with Crippen molar-refractivity contribution in [2.75, 3.05) is 13.2 Å². The standard InChI is InChI=1S/C12H16FNO.ClH/c13-10-4-6-12(7-5-10)15-9-11-3-1-2-8-14-11;/h4-7,11,14H,1-3,8-9H2;1H. The van der Waals surface area contributed by atoms with Crippen molar-refractivity contribution in [2.45, 2.75) is 25.3 Å². The molecule has 16 heavy (non-hydrogen) atoms. The summed E-state index contributed by atoms with van der Waals surface area (Å²) in [5.74, 6) is 0.516. The summed E-state index contributed by atoms with van der Waals surface area (Å²) < 4.78 is 18.2. The lowest BCUT2D eigenvalue weighted by atomic mass is 10.1. The van der Waals surface area contributed by atoms with Crippen LogP contribution in [0.4, 0.5) is 4.39 Å². The van der Waals surface area contributed by atoms with Gasteiger partial charge >= 0.3 is 0 Å². The van der Waals surface area contributed by atoms with Crippen LogP contribution < -0.4 is 10.1 Å². The van der Waals surface area contributed by atoms with Crippen LogP contribution in [0.1, 0.15) is 19.3 Å². The molecule has 1 aromatic carbocycles. The molecule has 90 valence electrons. The molecule has 0 spiro atoms. The molecule has 1 aromatic rings. The van der Waals surface area contributed by atoms with E-state index in [2.05, 4.69) is 5.32 Å². The maximum absolute atomic E-state index is 12.6. The Bertz CT molecular complexity index is 298. The first kappa shape index (κ1) is 13.3. The second-order valence-corrected chi connectivity index (χ2v) is 3.91. The van der Waals surface area contributed by atoms with E-state index < -0.39 is 0 Å². The van der Waals surface area contributed by atoms with Crippen molar-refractivity contribution in [1.29, 1.82) is 0 Å². The highest BCUT2D eigenvalue weighted by atomic mass is 35.5. The Morgan fingerprint density at radius 3 is 2.62 bits per heavy atom. The lowest BCUT2D eigenvalue weighted by Crippen LogP contribution is -2.38. The molecule has 1 saturated heterocycles. The van der Waals surface area contributed by atoms with E-state index in [0.717, 1.165) is 12.3 Å². The Labute approximate surface area is 102 Å². The summed E-state index contributed by atoms with van der Waals surface area (Å²) in [5, 5.41) is 3.40. The minimum Gasteiger partial charge on any atom is -0.492 e. The van der Waals surface area contributed by atoms with Crippen molar-refractivity contribution in [1.82, 2.24) is 5.32 Å². The fourth-order valence-corrected chi connectivity index (χ4v) is 1.79. The zero-order chi connectivity index (χ0) is 10.5. The summed E-state index contributed by atoms with van der Waals surface area (Å²) in [6.45, 7) is 1.75. The molecule has 1 unspecified atom stereocenters. The predicted octanol–water partition coefficient (Wildman–Crippen LogP) is 2.77. The first-order valence-electron chi connectivity index (χ1n) is 5.46. The van der Waals surface area contributed by atoms with Gasteiger partial charge in [-0.2, -0.15) is 0 Å². The topological polar surface area (TPSA) is 21.3 Å². The molecular weight excluding hydrogens is 229 g/mol. The van der Waals surface area contributed by atoms with E-state index in [0.29, 0.717) is 12.6 Å². The van der Waals surface area contributed by atoms with Crippen molar-refractivity contribution >= 4 is 12.4 Å². The lowest BCUT2D eigenvalue weighted by molar-refractivity contribution is 0.239. The third-order valence-electron chi connectivity index (χ3n) is 2.68. The van der Waals surface area contributed by atoms with Gasteiger partial charge in [-0.3, -0.25) is 0 Å². The molecule has 4 heteroatoms. The van der Waals surface area contributed by atoms with Gasteiger partial charge in [0.25, 0.3) is 0 Å². The van der Waals surface area contributed by atoms with Gasteiger partial charge in [0.1, 0.15) is 18.2 Å². The van der Waals surface area contributed by atoms with Gasteiger partial charge in [-0.1, -0.05) is 6.42 Å². The molecule has 0 bridgehead atoms. The van der Waals surface area contributed by atoms with E-state index in [4.69, 9.17) is 4.74 Å². The number of hydrogen-bond acceptors (Lipinski definition) is 2. The average Bonchev–Trinajstić information content (AvgIpc) is 2.30. The molecule has 1 atom stereocenters. The average molecular weight is 246 g/mol. The number of halogens is 2. The summed E-state index contributed by atoms with van der Waals surface area (Å²) in [5.41, 5.74) is 0. The fourth-order valence-electron chi connectivity index (χ4n) is 1.79. The molecule has 1 aliphatic rings. The predicted molar refractivity (Wildman–Crippen MR) is 64.8 cm³/mol. The van der Waals surface area contributed by atoms with Crippen LogP contribution in [0, 0.1) is 5.82 Å². The largest absolute Gasteiger partial charge is 0.492 e. The van der Waals surface area contributed by atoms with Crippen molar-refractivity contribution < 1.29 is 9.13 Å². The molecule has 0 aromatic heterocycles. The molecule has 1 N–H and O–H groups in total. The second-order valence-electron chi connectivity index (χ2n) is 3.91. The highest BCUT2D eigenvalue weighted by molar-refractivity contribution is 5.85. The maximum atomic E-state index is 12.6. The number of benzene rings is 1. The molecule has 1 fully saturated rings. The van der Waals surface area contributed by atoms with Crippen LogP contribution in [0.15, 0.2) is 24.3 Å². The van der Waals surface area contributed by atoms with Crippen LogP contribution in [0.2, 0.25) is 0 Å². The number of rotatable bonds is 3. The SMILES string of the molecule is Cl.Fc1ccc(OCC2CCCCN2)cc1. The molecule has 0 saturated carbocycles. The number of hydrogen-bond donors (Lipinski definition) is 1. The summed E-state index contributed by atoms with van der Waals surface area (Å²) in [4.78, 5) is 0. The molecule has 1 heterocycles. The molecule has 2 nitrogen and oxygen atoms in total. The smallest absolute Gasteiger partial charge is 0.123 e. The second kappa shape index (κ2) is 6.71. The third kappa shape index (κ3) is 3.99. The minimum absolute atomic E-state index is 0. The van der Waals surface area contributed by atoms with Crippen LogP contribution >= 0.6 is 12.4 Å². The van der Waals surface area contributed by atoms with Crippen LogP contribution in [0.5, 0.6) is 5.75 Å². The van der Waals surface area contributed by atoms with Gasteiger partial charge in [0.2, 0.25) is 0 Å². The first-order chi connectivity index (χ1) is 7.34. The summed E-state index contributed by atoms with van der Waals surface area (Å²) in [7, 11) is 0. The maximum Gasteiger partial charge on any atom is 0.123 e. The molecule has 1 aliphatic heterocycles. The van der Waals surface area contributed by atoms with E-state index in [9.17, 15) is 4.39 Å². The lowest BCUT2D eigenvalue weighted by Gasteiger charge is -2.23. The monoisotopic (exact) mass is 245 g/mol. The number of piperidine rings is 1. The Hall–Kier alpha value is -0.800. The van der Waals surface area contributed by atoms with Crippen LogP contribution in [0.3, 0.4) is 0 Å². The number of ether oxygens (including phenoxy) is 1. The van der Waals surface area contributed by atoms with Gasteiger partial charge in [-0.05, 0) is 43.7 Å². The van der Waals surface area contributed by atoms with E-state index >= 15 is 0 Å². The van der Waals surface area contributed by atoms with Gasteiger partial charge in [0.05, 0.1) is 0 Å². The number of nitrogens with one attached hydrogen (secondary N) is 1. The van der Waals surface area contributed by atoms with Gasteiger partial charge < -0.3 is 10.1 Å². The van der Waals surface area contributed by atoms with Crippen LogP contribution in [0.25, 0.3) is 0 Å². The fraction of sp³-hybridized carbons (Fsp3) is 0.500. The Morgan fingerprint density at radius 1 is 1.25 bits per heavy atom. The van der Waals surface area contributed by atoms with Gasteiger partial charge in [-0.25, -0.2) is 4.39 Å². The van der Waals surface area contributed by atoms with Gasteiger partial charge in [0, 0.05) is 6.04 Å². The van der Waals surface area contributed by atoms with Crippen LogP contribution in [-0.2, 0) is 0 Å². The van der Waals surface area contributed by atoms with E-state index in [1.54, 1.807) is 12.1 Å². The zero-order valence-corrected chi connectivity index (χ0v) is 9.93. The summed E-state index contributed by atoms with van der Waals surface area (Å²) in [6, 6.07) is 6.62. The zero-order valence-electron chi connectivity index (χ0n) is 9.12. The quantitative estimate of drug-likeness (QED) is 0.884. The minimum atomic E-state index is -0.224. The molecule has 0 amide bonds. The van der Waals surface area contributed by atoms with E-state index in [-0.39, 0.29) is 18.2 Å². The van der Waals surface area contributed by atoms with Crippen LogP contribution in [-0.4, -0.2) is 19.2 Å². The van der Waals surface area contributed by atoms with Gasteiger partial charge in [-0.15, -0.1) is 12.4 Å². The molecule has 0 radical (unpaired) electrons. The summed E-state index contributed by atoms with van der Waals surface area (Å²) in [6.07, 6.45) is 3.69. The van der Waals surface area contributed by atoms with E-state index in [1.807, 2.05) is 0 Å². The normalized spacial score (nSPS) is 19.9. The molecular formula is C12H17ClFNO. The highest BCUT2D eigenvalue weighted by Gasteiger charge is 2.12. The van der Waals surface area contributed by atoms with Crippen molar-refractivity contribution in [3.8, 4) is 5.75 Å². The van der Waals surface area contributed by atoms with Gasteiger partial charge in [0.15, 0.2) is 0 Å². The van der Waals surface area contributed by atoms with Crippen molar-refractivity contribution in [3.05, 3.63) is 30.1 Å².